The first-order valence-corrected chi connectivity index (χ1v) is 8.71. The molecule has 1 N–H and O–H groups in total. The van der Waals surface area contributed by atoms with Crippen molar-refractivity contribution in [2.75, 3.05) is 6.54 Å². The fourth-order valence-corrected chi connectivity index (χ4v) is 3.08. The molecule has 2 aromatic carbocycles. The van der Waals surface area contributed by atoms with Crippen LogP contribution in [0, 0.1) is 6.92 Å². The summed E-state index contributed by atoms with van der Waals surface area (Å²) in [6, 6.07) is 15.6. The molecule has 8 heteroatoms. The van der Waals surface area contributed by atoms with E-state index in [9.17, 15) is 4.79 Å². The Hall–Kier alpha value is -3.55. The lowest BCUT2D eigenvalue weighted by molar-refractivity contribution is -0.120. The average molecular weight is 361 g/mol. The summed E-state index contributed by atoms with van der Waals surface area (Å²) >= 11 is 0. The molecule has 0 saturated carbocycles. The highest BCUT2D eigenvalue weighted by atomic mass is 16.1. The zero-order valence-corrected chi connectivity index (χ0v) is 14.9. The van der Waals surface area contributed by atoms with Gasteiger partial charge in [0.1, 0.15) is 12.2 Å². The maximum Gasteiger partial charge on any atom is 0.224 e. The molecule has 0 atom stereocenters. The lowest BCUT2D eigenvalue weighted by Gasteiger charge is -2.09. The molecule has 0 radical (unpaired) electrons. The SMILES string of the molecule is Cc1nc2ccccc2n1CCNC(=O)Cc1ccc(-n2cnnn2)cc1. The molecule has 0 saturated heterocycles. The Bertz CT molecular complexity index is 1050. The zero-order chi connectivity index (χ0) is 18.6. The standard InChI is InChI=1S/C19H19N7O/c1-14-22-17-4-2-3-5-18(17)25(14)11-10-20-19(27)12-15-6-8-16(9-7-15)26-13-21-23-24-26/h2-9,13H,10-12H2,1H3,(H,20,27). The molecule has 0 bridgehead atoms. The van der Waals surface area contributed by atoms with E-state index in [4.69, 9.17) is 0 Å². The van der Waals surface area contributed by atoms with Crippen LogP contribution < -0.4 is 5.32 Å². The van der Waals surface area contributed by atoms with Crippen molar-refractivity contribution < 1.29 is 4.79 Å². The predicted molar refractivity (Wildman–Crippen MR) is 100 cm³/mol. The van der Waals surface area contributed by atoms with E-state index in [1.165, 1.54) is 6.33 Å². The number of tetrazole rings is 1. The van der Waals surface area contributed by atoms with E-state index in [0.29, 0.717) is 19.5 Å². The number of aryl methyl sites for hydroxylation is 1. The Labute approximate surface area is 155 Å². The minimum atomic E-state index is -0.00718. The van der Waals surface area contributed by atoms with Gasteiger partial charge in [-0.3, -0.25) is 4.79 Å². The van der Waals surface area contributed by atoms with Crippen LogP contribution in [0.4, 0.5) is 0 Å². The maximum absolute atomic E-state index is 12.2. The van der Waals surface area contributed by atoms with Crippen molar-refractivity contribution in [2.45, 2.75) is 19.9 Å². The number of benzene rings is 2. The Kier molecular flexibility index (Phi) is 4.61. The third kappa shape index (κ3) is 3.69. The van der Waals surface area contributed by atoms with Crippen molar-refractivity contribution in [1.29, 1.82) is 0 Å². The Morgan fingerprint density at radius 3 is 2.70 bits per heavy atom. The van der Waals surface area contributed by atoms with Crippen LogP contribution in [0.3, 0.4) is 0 Å². The summed E-state index contributed by atoms with van der Waals surface area (Å²) in [4.78, 5) is 16.8. The molecule has 27 heavy (non-hydrogen) atoms. The second kappa shape index (κ2) is 7.36. The molecule has 1 amide bonds. The molecule has 0 aliphatic carbocycles. The summed E-state index contributed by atoms with van der Waals surface area (Å²) in [5.41, 5.74) is 3.85. The minimum absolute atomic E-state index is 0.00718. The summed E-state index contributed by atoms with van der Waals surface area (Å²) < 4.78 is 3.69. The second-order valence-corrected chi connectivity index (χ2v) is 6.25. The number of amides is 1. The second-order valence-electron chi connectivity index (χ2n) is 6.25. The number of fused-ring (bicyclic) bond motifs is 1. The van der Waals surface area contributed by atoms with Crippen LogP contribution in [-0.2, 0) is 17.8 Å². The van der Waals surface area contributed by atoms with Crippen LogP contribution in [0.2, 0.25) is 0 Å². The van der Waals surface area contributed by atoms with Gasteiger partial charge in [-0.25, -0.2) is 9.67 Å². The topological polar surface area (TPSA) is 90.5 Å². The number of rotatable bonds is 6. The van der Waals surface area contributed by atoms with Crippen LogP contribution in [-0.4, -0.2) is 42.2 Å². The number of hydrogen-bond donors (Lipinski definition) is 1. The van der Waals surface area contributed by atoms with Gasteiger partial charge in [0.05, 0.1) is 23.1 Å². The summed E-state index contributed by atoms with van der Waals surface area (Å²) in [6.45, 7) is 3.23. The van der Waals surface area contributed by atoms with Crippen LogP contribution in [0.5, 0.6) is 0 Å². The number of hydrogen-bond acceptors (Lipinski definition) is 5. The van der Waals surface area contributed by atoms with Gasteiger partial charge in [0, 0.05) is 13.1 Å². The summed E-state index contributed by atoms with van der Waals surface area (Å²) in [5.74, 6) is 0.941. The third-order valence-electron chi connectivity index (χ3n) is 4.42. The number of nitrogens with zero attached hydrogens (tertiary/aromatic N) is 6. The average Bonchev–Trinajstić information content (AvgIpc) is 3.31. The van der Waals surface area contributed by atoms with Gasteiger partial charge in [-0.15, -0.1) is 5.10 Å². The van der Waals surface area contributed by atoms with Gasteiger partial charge in [-0.1, -0.05) is 24.3 Å². The molecule has 4 rings (SSSR count). The third-order valence-corrected chi connectivity index (χ3v) is 4.42. The largest absolute Gasteiger partial charge is 0.354 e. The van der Waals surface area contributed by atoms with Gasteiger partial charge >= 0.3 is 0 Å². The highest BCUT2D eigenvalue weighted by Crippen LogP contribution is 2.14. The fraction of sp³-hybridized carbons (Fsp3) is 0.211. The fourth-order valence-electron chi connectivity index (χ4n) is 3.08. The van der Waals surface area contributed by atoms with Crippen LogP contribution in [0.1, 0.15) is 11.4 Å². The number of para-hydroxylation sites is 2. The molecule has 2 heterocycles. The van der Waals surface area contributed by atoms with Crippen LogP contribution in [0.25, 0.3) is 16.7 Å². The van der Waals surface area contributed by atoms with Crippen LogP contribution in [0.15, 0.2) is 54.9 Å². The first-order chi connectivity index (χ1) is 13.2. The quantitative estimate of drug-likeness (QED) is 0.564. The van der Waals surface area contributed by atoms with Gasteiger partial charge in [0.2, 0.25) is 5.91 Å². The van der Waals surface area contributed by atoms with Crippen molar-refractivity contribution in [1.82, 2.24) is 35.1 Å². The van der Waals surface area contributed by atoms with E-state index in [-0.39, 0.29) is 5.91 Å². The van der Waals surface area contributed by atoms with E-state index in [2.05, 4.69) is 30.4 Å². The van der Waals surface area contributed by atoms with E-state index >= 15 is 0 Å². The van der Waals surface area contributed by atoms with Crippen molar-refractivity contribution in [3.8, 4) is 5.69 Å². The van der Waals surface area contributed by atoms with E-state index in [0.717, 1.165) is 28.1 Å². The molecular formula is C19H19N7O. The summed E-state index contributed by atoms with van der Waals surface area (Å²) in [7, 11) is 0. The number of carbonyl (C=O) groups excluding carboxylic acids is 1. The van der Waals surface area contributed by atoms with Gasteiger partial charge < -0.3 is 9.88 Å². The Morgan fingerprint density at radius 2 is 1.93 bits per heavy atom. The molecule has 0 aliphatic heterocycles. The lowest BCUT2D eigenvalue weighted by atomic mass is 10.1. The number of imidazole rings is 1. The van der Waals surface area contributed by atoms with E-state index in [1.54, 1.807) is 4.68 Å². The summed E-state index contributed by atoms with van der Waals surface area (Å²) in [5, 5.41) is 14.0. The number of aromatic nitrogens is 6. The molecule has 136 valence electrons. The first-order valence-electron chi connectivity index (χ1n) is 8.71. The maximum atomic E-state index is 12.2. The first kappa shape index (κ1) is 16.9. The summed E-state index contributed by atoms with van der Waals surface area (Å²) in [6.07, 6.45) is 1.86. The molecule has 2 aromatic heterocycles. The smallest absolute Gasteiger partial charge is 0.224 e. The molecule has 0 fully saturated rings. The normalized spacial score (nSPS) is 11.0. The van der Waals surface area contributed by atoms with Crippen LogP contribution >= 0.6 is 0 Å². The zero-order valence-electron chi connectivity index (χ0n) is 14.9. The molecule has 4 aromatic rings. The van der Waals surface area contributed by atoms with Gasteiger partial charge in [-0.2, -0.15) is 0 Å². The number of nitrogens with one attached hydrogen (secondary N) is 1. The van der Waals surface area contributed by atoms with E-state index < -0.39 is 0 Å². The predicted octanol–water partition coefficient (Wildman–Crippen LogP) is 1.68. The van der Waals surface area contributed by atoms with Crippen molar-refractivity contribution in [3.05, 3.63) is 66.2 Å². The lowest BCUT2D eigenvalue weighted by Crippen LogP contribution is -2.28. The Balaban J connectivity index is 1.32. The van der Waals surface area contributed by atoms with Crippen molar-refractivity contribution in [3.63, 3.8) is 0 Å². The highest BCUT2D eigenvalue weighted by Gasteiger charge is 2.08. The van der Waals surface area contributed by atoms with Crippen molar-refractivity contribution in [2.24, 2.45) is 0 Å². The monoisotopic (exact) mass is 361 g/mol. The van der Waals surface area contributed by atoms with Gasteiger partial charge in [0.25, 0.3) is 0 Å². The van der Waals surface area contributed by atoms with Crippen molar-refractivity contribution >= 4 is 16.9 Å². The molecule has 0 spiro atoms. The number of carbonyl (C=O) groups is 1. The van der Waals surface area contributed by atoms with Gasteiger partial charge in [-0.05, 0) is 47.2 Å². The molecule has 0 aliphatic rings. The van der Waals surface area contributed by atoms with Gasteiger partial charge in [0.15, 0.2) is 0 Å². The van der Waals surface area contributed by atoms with E-state index in [1.807, 2.05) is 55.5 Å². The Morgan fingerprint density at radius 1 is 1.11 bits per heavy atom. The highest BCUT2D eigenvalue weighted by molar-refractivity contribution is 5.78. The molecule has 0 unspecified atom stereocenters. The molecular weight excluding hydrogens is 342 g/mol. The molecule has 8 nitrogen and oxygen atoms in total. The minimum Gasteiger partial charge on any atom is -0.354 e.